The van der Waals surface area contributed by atoms with Gasteiger partial charge in [-0.15, -0.1) is 0 Å². The number of nitrogens with zero attached hydrogens (tertiary/aromatic N) is 2. The Bertz CT molecular complexity index is 690. The van der Waals surface area contributed by atoms with Crippen molar-refractivity contribution in [3.63, 3.8) is 0 Å². The van der Waals surface area contributed by atoms with E-state index in [2.05, 4.69) is 34.2 Å². The van der Waals surface area contributed by atoms with Crippen LogP contribution in [0.2, 0.25) is 0 Å². The summed E-state index contributed by atoms with van der Waals surface area (Å²) >= 11 is 0. The normalized spacial score (nSPS) is 15.0. The number of anilines is 2. The second kappa shape index (κ2) is 8.03. The third-order valence-electron chi connectivity index (χ3n) is 4.66. The molecule has 1 saturated heterocycles. The van der Waals surface area contributed by atoms with Crippen molar-refractivity contribution in [2.75, 3.05) is 50.1 Å². The van der Waals surface area contributed by atoms with Crippen molar-refractivity contribution in [3.05, 3.63) is 54.1 Å². The fourth-order valence-electron chi connectivity index (χ4n) is 3.02. The second-order valence-electron chi connectivity index (χ2n) is 6.15. The van der Waals surface area contributed by atoms with Gasteiger partial charge in [-0.1, -0.05) is 6.92 Å². The van der Waals surface area contributed by atoms with E-state index in [1.54, 1.807) is 31.4 Å². The predicted octanol–water partition coefficient (Wildman–Crippen LogP) is 3.09. The molecule has 0 aromatic heterocycles. The van der Waals surface area contributed by atoms with E-state index >= 15 is 0 Å². The van der Waals surface area contributed by atoms with Crippen molar-refractivity contribution in [3.8, 4) is 5.75 Å². The van der Waals surface area contributed by atoms with E-state index in [0.29, 0.717) is 5.56 Å². The summed E-state index contributed by atoms with van der Waals surface area (Å²) in [5.74, 6) is 0.621. The standard InChI is InChI=1S/C20H25N3O2/c1-3-22-12-14-23(15-13-22)18-8-6-17(7-9-18)21-20(24)16-4-10-19(25-2)11-5-16/h4-11H,3,12-15H2,1-2H3,(H,21,24). The van der Waals surface area contributed by atoms with E-state index in [-0.39, 0.29) is 5.91 Å². The number of piperazine rings is 1. The highest BCUT2D eigenvalue weighted by Crippen LogP contribution is 2.20. The maximum atomic E-state index is 12.3. The van der Waals surface area contributed by atoms with Crippen LogP contribution in [0.4, 0.5) is 11.4 Å². The summed E-state index contributed by atoms with van der Waals surface area (Å²) in [6.45, 7) is 7.62. The molecule has 1 aliphatic heterocycles. The molecule has 2 aromatic rings. The Hall–Kier alpha value is -2.53. The summed E-state index contributed by atoms with van der Waals surface area (Å²) in [7, 11) is 1.61. The third kappa shape index (κ3) is 4.31. The lowest BCUT2D eigenvalue weighted by atomic mass is 10.2. The van der Waals surface area contributed by atoms with Crippen LogP contribution in [-0.2, 0) is 0 Å². The van der Waals surface area contributed by atoms with Crippen LogP contribution in [0.1, 0.15) is 17.3 Å². The molecule has 0 saturated carbocycles. The van der Waals surface area contributed by atoms with E-state index < -0.39 is 0 Å². The van der Waals surface area contributed by atoms with E-state index in [0.717, 1.165) is 44.2 Å². The minimum absolute atomic E-state index is 0.119. The Morgan fingerprint density at radius 1 is 1.00 bits per heavy atom. The maximum Gasteiger partial charge on any atom is 0.255 e. The SMILES string of the molecule is CCN1CCN(c2ccc(NC(=O)c3ccc(OC)cc3)cc2)CC1. The Labute approximate surface area is 149 Å². The highest BCUT2D eigenvalue weighted by atomic mass is 16.5. The van der Waals surface area contributed by atoms with Gasteiger partial charge in [-0.2, -0.15) is 0 Å². The molecule has 1 N–H and O–H groups in total. The first-order valence-electron chi connectivity index (χ1n) is 8.72. The van der Waals surface area contributed by atoms with Gasteiger partial charge < -0.3 is 19.9 Å². The molecular weight excluding hydrogens is 314 g/mol. The van der Waals surface area contributed by atoms with Gasteiger partial charge >= 0.3 is 0 Å². The molecule has 132 valence electrons. The smallest absolute Gasteiger partial charge is 0.255 e. The van der Waals surface area contributed by atoms with Crippen LogP contribution < -0.4 is 15.0 Å². The van der Waals surface area contributed by atoms with E-state index in [9.17, 15) is 4.79 Å². The first-order valence-corrected chi connectivity index (χ1v) is 8.72. The molecule has 1 fully saturated rings. The monoisotopic (exact) mass is 339 g/mol. The summed E-state index contributed by atoms with van der Waals surface area (Å²) in [6.07, 6.45) is 0. The fraction of sp³-hybridized carbons (Fsp3) is 0.350. The lowest BCUT2D eigenvalue weighted by Crippen LogP contribution is -2.46. The van der Waals surface area contributed by atoms with Gasteiger partial charge in [0, 0.05) is 43.1 Å². The van der Waals surface area contributed by atoms with Crippen LogP contribution in [0.25, 0.3) is 0 Å². The third-order valence-corrected chi connectivity index (χ3v) is 4.66. The summed E-state index contributed by atoms with van der Waals surface area (Å²) in [5.41, 5.74) is 2.62. The van der Waals surface area contributed by atoms with Gasteiger partial charge in [0.25, 0.3) is 5.91 Å². The van der Waals surface area contributed by atoms with Gasteiger partial charge in [0.2, 0.25) is 0 Å². The van der Waals surface area contributed by atoms with Crippen molar-refractivity contribution >= 4 is 17.3 Å². The largest absolute Gasteiger partial charge is 0.497 e. The molecule has 0 unspecified atom stereocenters. The lowest BCUT2D eigenvalue weighted by Gasteiger charge is -2.35. The lowest BCUT2D eigenvalue weighted by molar-refractivity contribution is 0.102. The highest BCUT2D eigenvalue weighted by Gasteiger charge is 2.15. The Morgan fingerprint density at radius 2 is 1.64 bits per heavy atom. The number of nitrogens with one attached hydrogen (secondary N) is 1. The molecule has 2 aromatic carbocycles. The van der Waals surface area contributed by atoms with Crippen molar-refractivity contribution in [1.29, 1.82) is 0 Å². The van der Waals surface area contributed by atoms with Gasteiger partial charge in [-0.25, -0.2) is 0 Å². The van der Waals surface area contributed by atoms with E-state index in [4.69, 9.17) is 4.74 Å². The second-order valence-corrected chi connectivity index (χ2v) is 6.15. The summed E-state index contributed by atoms with van der Waals surface area (Å²) in [6, 6.07) is 15.2. The molecule has 25 heavy (non-hydrogen) atoms. The van der Waals surface area contributed by atoms with E-state index in [1.807, 2.05) is 12.1 Å². The number of amides is 1. The van der Waals surface area contributed by atoms with Crippen LogP contribution in [0.5, 0.6) is 5.75 Å². The first kappa shape index (κ1) is 17.3. The van der Waals surface area contributed by atoms with Crippen LogP contribution >= 0.6 is 0 Å². The Balaban J connectivity index is 1.59. The number of rotatable bonds is 5. The number of ether oxygens (including phenoxy) is 1. The predicted molar refractivity (Wildman–Crippen MR) is 102 cm³/mol. The molecular formula is C20H25N3O2. The number of hydrogen-bond donors (Lipinski definition) is 1. The fourth-order valence-corrected chi connectivity index (χ4v) is 3.02. The van der Waals surface area contributed by atoms with Gasteiger partial charge in [-0.05, 0) is 55.1 Å². The van der Waals surface area contributed by atoms with E-state index in [1.165, 1.54) is 5.69 Å². The summed E-state index contributed by atoms with van der Waals surface area (Å²) < 4.78 is 5.11. The first-order chi connectivity index (χ1) is 12.2. The quantitative estimate of drug-likeness (QED) is 0.909. The van der Waals surface area contributed by atoms with Crippen LogP contribution in [0, 0.1) is 0 Å². The molecule has 1 aliphatic rings. The van der Waals surface area contributed by atoms with Crippen LogP contribution in [0.15, 0.2) is 48.5 Å². The number of likely N-dealkylation sites (N-methyl/N-ethyl adjacent to an activating group) is 1. The number of benzene rings is 2. The molecule has 5 nitrogen and oxygen atoms in total. The van der Waals surface area contributed by atoms with Crippen molar-refractivity contribution in [1.82, 2.24) is 4.90 Å². The number of hydrogen-bond acceptors (Lipinski definition) is 4. The molecule has 5 heteroatoms. The van der Waals surface area contributed by atoms with Crippen molar-refractivity contribution in [2.24, 2.45) is 0 Å². The minimum Gasteiger partial charge on any atom is -0.497 e. The molecule has 0 bridgehead atoms. The molecule has 0 atom stereocenters. The van der Waals surface area contributed by atoms with Gasteiger partial charge in [-0.3, -0.25) is 4.79 Å². The summed E-state index contributed by atoms with van der Waals surface area (Å²) in [5, 5.41) is 2.94. The maximum absolute atomic E-state index is 12.3. The highest BCUT2D eigenvalue weighted by molar-refractivity contribution is 6.04. The minimum atomic E-state index is -0.119. The van der Waals surface area contributed by atoms with Gasteiger partial charge in [0.1, 0.15) is 5.75 Å². The number of methoxy groups -OCH3 is 1. The van der Waals surface area contributed by atoms with Gasteiger partial charge in [0.15, 0.2) is 0 Å². The molecule has 3 rings (SSSR count). The molecule has 0 radical (unpaired) electrons. The topological polar surface area (TPSA) is 44.8 Å². The van der Waals surface area contributed by atoms with Crippen molar-refractivity contribution in [2.45, 2.75) is 6.92 Å². The Kier molecular flexibility index (Phi) is 5.56. The number of carbonyl (C=O) groups is 1. The van der Waals surface area contributed by atoms with Crippen LogP contribution in [-0.4, -0.2) is 50.6 Å². The zero-order valence-corrected chi connectivity index (χ0v) is 14.9. The zero-order chi connectivity index (χ0) is 17.6. The average Bonchev–Trinajstić information content (AvgIpc) is 2.68. The Morgan fingerprint density at radius 3 is 2.20 bits per heavy atom. The molecule has 0 aliphatic carbocycles. The van der Waals surface area contributed by atoms with Crippen LogP contribution in [0.3, 0.4) is 0 Å². The summed E-state index contributed by atoms with van der Waals surface area (Å²) in [4.78, 5) is 17.2. The van der Waals surface area contributed by atoms with Gasteiger partial charge in [0.05, 0.1) is 7.11 Å². The molecule has 1 amide bonds. The molecule has 0 spiro atoms. The molecule has 1 heterocycles. The average molecular weight is 339 g/mol. The van der Waals surface area contributed by atoms with Crippen molar-refractivity contribution < 1.29 is 9.53 Å². The zero-order valence-electron chi connectivity index (χ0n) is 14.9. The number of carbonyl (C=O) groups excluding carboxylic acids is 1.